The van der Waals surface area contributed by atoms with Gasteiger partial charge in [0.2, 0.25) is 0 Å². The van der Waals surface area contributed by atoms with Gasteiger partial charge in [-0.15, -0.1) is 0 Å². The van der Waals surface area contributed by atoms with E-state index in [1.54, 1.807) is 0 Å². The summed E-state index contributed by atoms with van der Waals surface area (Å²) in [6.45, 7) is 4.38. The van der Waals surface area contributed by atoms with Crippen molar-refractivity contribution in [2.45, 2.75) is 57.8 Å². The molecule has 27 heavy (non-hydrogen) atoms. The van der Waals surface area contributed by atoms with Gasteiger partial charge in [0.25, 0.3) is 0 Å². The first kappa shape index (κ1) is 18.0. The molecule has 1 aromatic heterocycles. The first-order chi connectivity index (χ1) is 13.2. The van der Waals surface area contributed by atoms with Gasteiger partial charge < -0.3 is 4.74 Å². The highest BCUT2D eigenvalue weighted by Gasteiger charge is 2.45. The fourth-order valence-electron chi connectivity index (χ4n) is 4.82. The fraction of sp³-hybridized carbons (Fsp3) is 0.500. The van der Waals surface area contributed by atoms with Gasteiger partial charge in [0, 0.05) is 17.2 Å². The minimum absolute atomic E-state index is 0.0262. The predicted molar refractivity (Wildman–Crippen MR) is 106 cm³/mol. The van der Waals surface area contributed by atoms with Crippen LogP contribution in [-0.4, -0.2) is 28.5 Å². The molecule has 3 unspecified atom stereocenters. The van der Waals surface area contributed by atoms with Crippen molar-refractivity contribution in [3.05, 3.63) is 47.2 Å². The van der Waals surface area contributed by atoms with E-state index in [-0.39, 0.29) is 23.7 Å². The predicted octanol–water partition coefficient (Wildman–Crippen LogP) is 4.68. The van der Waals surface area contributed by atoms with Crippen molar-refractivity contribution in [2.75, 3.05) is 6.61 Å². The molecular formula is C22H27N3O2. The summed E-state index contributed by atoms with van der Waals surface area (Å²) < 4.78 is 5.51. The molecule has 5 heteroatoms. The smallest absolute Gasteiger partial charge is 0.315 e. The standard InChI is InChI=1S/C22H27N3O2/c1-3-8-18-20(22(26)27-4-2)19(17-13-23-25-21(17)24-18)16-12-7-10-14-9-5-6-11-15(14)16/h5-6,9,11,13,16,19-20H,3-4,7-8,10,12H2,1-2H3,(H,23,25). The van der Waals surface area contributed by atoms with Crippen molar-refractivity contribution in [3.8, 4) is 0 Å². The van der Waals surface area contributed by atoms with Crippen LogP contribution in [0, 0.1) is 5.92 Å². The van der Waals surface area contributed by atoms with Gasteiger partial charge in [-0.2, -0.15) is 5.10 Å². The minimum atomic E-state index is -0.328. The van der Waals surface area contributed by atoms with Gasteiger partial charge in [-0.1, -0.05) is 37.6 Å². The monoisotopic (exact) mass is 365 g/mol. The molecular weight excluding hydrogens is 338 g/mol. The Hall–Kier alpha value is -2.43. The van der Waals surface area contributed by atoms with Crippen molar-refractivity contribution < 1.29 is 9.53 Å². The lowest BCUT2D eigenvalue weighted by Crippen LogP contribution is -2.37. The maximum Gasteiger partial charge on any atom is 0.315 e. The lowest BCUT2D eigenvalue weighted by Gasteiger charge is -2.38. The summed E-state index contributed by atoms with van der Waals surface area (Å²) in [5, 5.41) is 7.30. The van der Waals surface area contributed by atoms with E-state index in [9.17, 15) is 4.79 Å². The van der Waals surface area contributed by atoms with Crippen LogP contribution in [0.4, 0.5) is 5.82 Å². The van der Waals surface area contributed by atoms with E-state index in [4.69, 9.17) is 9.73 Å². The molecule has 1 aliphatic heterocycles. The molecule has 1 N–H and O–H groups in total. The number of hydrogen-bond acceptors (Lipinski definition) is 4. The minimum Gasteiger partial charge on any atom is -0.465 e. The van der Waals surface area contributed by atoms with Gasteiger partial charge in [-0.3, -0.25) is 9.89 Å². The Kier molecular flexibility index (Phi) is 5.10. The molecule has 0 amide bonds. The van der Waals surface area contributed by atoms with Crippen molar-refractivity contribution in [1.29, 1.82) is 0 Å². The van der Waals surface area contributed by atoms with Gasteiger partial charge in [0.1, 0.15) is 5.92 Å². The van der Waals surface area contributed by atoms with E-state index in [0.29, 0.717) is 6.61 Å². The molecule has 142 valence electrons. The van der Waals surface area contributed by atoms with Crippen LogP contribution in [0.15, 0.2) is 35.5 Å². The highest BCUT2D eigenvalue weighted by atomic mass is 16.5. The third kappa shape index (κ3) is 3.20. The number of aryl methyl sites for hydroxylation is 1. The van der Waals surface area contributed by atoms with Crippen LogP contribution in [0.3, 0.4) is 0 Å². The number of nitrogens with one attached hydrogen (secondary N) is 1. The van der Waals surface area contributed by atoms with Crippen LogP contribution in [0.1, 0.15) is 68.1 Å². The lowest BCUT2D eigenvalue weighted by molar-refractivity contribution is -0.146. The zero-order valence-corrected chi connectivity index (χ0v) is 16.1. The van der Waals surface area contributed by atoms with Crippen LogP contribution in [0.25, 0.3) is 0 Å². The molecule has 0 fully saturated rings. The summed E-state index contributed by atoms with van der Waals surface area (Å²) in [5.74, 6) is 0.643. The van der Waals surface area contributed by atoms with Crippen molar-refractivity contribution in [3.63, 3.8) is 0 Å². The highest BCUT2D eigenvalue weighted by Crippen LogP contribution is 2.50. The van der Waals surface area contributed by atoms with Crippen LogP contribution in [0.5, 0.6) is 0 Å². The molecule has 3 atom stereocenters. The number of ether oxygens (including phenoxy) is 1. The molecule has 2 aliphatic rings. The zero-order valence-electron chi connectivity index (χ0n) is 16.1. The summed E-state index contributed by atoms with van der Waals surface area (Å²) in [7, 11) is 0. The summed E-state index contributed by atoms with van der Waals surface area (Å²) in [6.07, 6.45) is 6.93. The molecule has 2 aromatic rings. The van der Waals surface area contributed by atoms with Gasteiger partial charge in [-0.05, 0) is 49.7 Å². The Morgan fingerprint density at radius 2 is 2.11 bits per heavy atom. The van der Waals surface area contributed by atoms with Crippen LogP contribution in [-0.2, 0) is 16.0 Å². The Bertz CT molecular complexity index is 855. The average Bonchev–Trinajstić information content (AvgIpc) is 3.15. The van der Waals surface area contributed by atoms with E-state index >= 15 is 0 Å². The number of fused-ring (bicyclic) bond motifs is 2. The molecule has 0 saturated carbocycles. The topological polar surface area (TPSA) is 67.3 Å². The molecule has 2 heterocycles. The molecule has 0 radical (unpaired) electrons. The first-order valence-corrected chi connectivity index (χ1v) is 10.1. The SMILES string of the molecule is CCCC1=Nc2[nH]ncc2C(C2CCCc3ccccc32)C1C(=O)OCC. The number of carbonyl (C=O) groups excluding carboxylic acids is 1. The number of aliphatic imine (C=N–C) groups is 1. The maximum absolute atomic E-state index is 13.0. The molecule has 0 saturated heterocycles. The third-order valence-electron chi connectivity index (χ3n) is 5.88. The first-order valence-electron chi connectivity index (χ1n) is 10.1. The van der Waals surface area contributed by atoms with Gasteiger partial charge in [-0.25, -0.2) is 4.99 Å². The third-order valence-corrected chi connectivity index (χ3v) is 5.88. The summed E-state index contributed by atoms with van der Waals surface area (Å²) in [4.78, 5) is 17.8. The second-order valence-electron chi connectivity index (χ2n) is 7.48. The Labute approximate surface area is 160 Å². The van der Waals surface area contributed by atoms with E-state index in [2.05, 4.69) is 41.4 Å². The van der Waals surface area contributed by atoms with Crippen LogP contribution >= 0.6 is 0 Å². The molecule has 0 bridgehead atoms. The molecule has 4 rings (SSSR count). The lowest BCUT2D eigenvalue weighted by atomic mass is 9.66. The van der Waals surface area contributed by atoms with Crippen molar-refractivity contribution in [2.24, 2.45) is 10.9 Å². The number of aromatic amines is 1. The number of carbonyl (C=O) groups is 1. The number of aromatic nitrogens is 2. The normalized spacial score (nSPS) is 23.9. The number of esters is 1. The summed E-state index contributed by atoms with van der Waals surface area (Å²) >= 11 is 0. The fourth-order valence-corrected chi connectivity index (χ4v) is 4.82. The Morgan fingerprint density at radius 1 is 1.26 bits per heavy atom. The van der Waals surface area contributed by atoms with Gasteiger partial charge >= 0.3 is 5.97 Å². The Morgan fingerprint density at radius 3 is 2.93 bits per heavy atom. The molecule has 1 aliphatic carbocycles. The van der Waals surface area contributed by atoms with E-state index in [1.807, 2.05) is 13.1 Å². The molecule has 0 spiro atoms. The van der Waals surface area contributed by atoms with Crippen molar-refractivity contribution in [1.82, 2.24) is 10.2 Å². The zero-order chi connectivity index (χ0) is 18.8. The summed E-state index contributed by atoms with van der Waals surface area (Å²) in [6, 6.07) is 8.67. The quantitative estimate of drug-likeness (QED) is 0.782. The number of rotatable bonds is 5. The number of hydrogen-bond donors (Lipinski definition) is 1. The number of nitrogens with zero attached hydrogens (tertiary/aromatic N) is 2. The van der Waals surface area contributed by atoms with E-state index in [0.717, 1.165) is 49.2 Å². The summed E-state index contributed by atoms with van der Waals surface area (Å²) in [5.41, 5.74) is 4.75. The van der Waals surface area contributed by atoms with Crippen molar-refractivity contribution >= 4 is 17.5 Å². The van der Waals surface area contributed by atoms with Crippen LogP contribution in [0.2, 0.25) is 0 Å². The number of benzene rings is 1. The molecule has 1 aromatic carbocycles. The highest BCUT2D eigenvalue weighted by molar-refractivity contribution is 6.05. The maximum atomic E-state index is 13.0. The van der Waals surface area contributed by atoms with Gasteiger partial charge in [0.15, 0.2) is 5.82 Å². The molecule has 5 nitrogen and oxygen atoms in total. The van der Waals surface area contributed by atoms with E-state index < -0.39 is 0 Å². The second kappa shape index (κ2) is 7.67. The van der Waals surface area contributed by atoms with Crippen LogP contribution < -0.4 is 0 Å². The van der Waals surface area contributed by atoms with Gasteiger partial charge in [0.05, 0.1) is 12.8 Å². The second-order valence-corrected chi connectivity index (χ2v) is 7.48. The van der Waals surface area contributed by atoms with E-state index in [1.165, 1.54) is 11.1 Å². The average molecular weight is 365 g/mol. The number of H-pyrrole nitrogens is 1. The Balaban J connectivity index is 1.83. The largest absolute Gasteiger partial charge is 0.465 e.